The fourth-order valence-electron chi connectivity index (χ4n) is 1.97. The molecule has 3 rings (SSSR count). The molecule has 0 amide bonds. The molecule has 0 atom stereocenters. The van der Waals surface area contributed by atoms with Gasteiger partial charge in [0.2, 0.25) is 0 Å². The van der Waals surface area contributed by atoms with Crippen molar-refractivity contribution < 1.29 is 4.74 Å². The second-order valence-electron chi connectivity index (χ2n) is 4.52. The molecule has 0 unspecified atom stereocenters. The summed E-state index contributed by atoms with van der Waals surface area (Å²) in [5, 5.41) is 9.52. The van der Waals surface area contributed by atoms with Gasteiger partial charge in [0.1, 0.15) is 5.75 Å². The largest absolute Gasteiger partial charge is 0.494 e. The lowest BCUT2D eigenvalue weighted by molar-refractivity contribution is 0.317. The van der Waals surface area contributed by atoms with Gasteiger partial charge in [-0.2, -0.15) is 5.10 Å². The molecule has 2 heterocycles. The van der Waals surface area contributed by atoms with Gasteiger partial charge in [0.05, 0.1) is 22.9 Å². The maximum Gasteiger partial charge on any atom is 0.119 e. The Labute approximate surface area is 122 Å². The minimum atomic E-state index is 0.754. The van der Waals surface area contributed by atoms with Crippen LogP contribution in [0, 0.1) is 0 Å². The smallest absolute Gasteiger partial charge is 0.119 e. The van der Waals surface area contributed by atoms with E-state index in [9.17, 15) is 0 Å². The number of nitrogens with zero attached hydrogens (tertiary/aromatic N) is 1. The van der Waals surface area contributed by atoms with Gasteiger partial charge >= 0.3 is 0 Å². The van der Waals surface area contributed by atoms with E-state index in [1.165, 1.54) is 4.88 Å². The van der Waals surface area contributed by atoms with Gasteiger partial charge in [0, 0.05) is 5.56 Å². The van der Waals surface area contributed by atoms with Crippen molar-refractivity contribution >= 4 is 11.3 Å². The Morgan fingerprint density at radius 3 is 2.75 bits per heavy atom. The maximum absolute atomic E-state index is 5.58. The van der Waals surface area contributed by atoms with Crippen LogP contribution in [0.3, 0.4) is 0 Å². The number of nitrogens with one attached hydrogen (secondary N) is 1. The highest BCUT2D eigenvalue weighted by molar-refractivity contribution is 7.13. The zero-order chi connectivity index (χ0) is 13.8. The van der Waals surface area contributed by atoms with Gasteiger partial charge in [-0.15, -0.1) is 11.3 Å². The third kappa shape index (κ3) is 2.75. The number of benzene rings is 1. The Kier molecular flexibility index (Phi) is 3.83. The summed E-state index contributed by atoms with van der Waals surface area (Å²) < 4.78 is 5.58. The van der Waals surface area contributed by atoms with Crippen LogP contribution < -0.4 is 4.74 Å². The van der Waals surface area contributed by atoms with Gasteiger partial charge in [-0.1, -0.05) is 13.0 Å². The Morgan fingerprint density at radius 1 is 1.20 bits per heavy atom. The van der Waals surface area contributed by atoms with Crippen LogP contribution in [0.4, 0.5) is 0 Å². The standard InChI is InChI=1S/C16H16N2OS/c1-2-9-19-13-7-5-12(6-8-13)14-11-15(18-17-14)16-4-3-10-20-16/h3-8,10-11H,2,9H2,1H3,(H,17,18). The van der Waals surface area contributed by atoms with Gasteiger partial charge in [-0.25, -0.2) is 0 Å². The monoisotopic (exact) mass is 284 g/mol. The lowest BCUT2D eigenvalue weighted by Gasteiger charge is -2.04. The van der Waals surface area contributed by atoms with Gasteiger partial charge in [-0.05, 0) is 48.2 Å². The van der Waals surface area contributed by atoms with Crippen LogP contribution in [-0.4, -0.2) is 16.8 Å². The van der Waals surface area contributed by atoms with Crippen LogP contribution in [-0.2, 0) is 0 Å². The van der Waals surface area contributed by atoms with E-state index < -0.39 is 0 Å². The first kappa shape index (κ1) is 12.9. The van der Waals surface area contributed by atoms with Gasteiger partial charge in [0.25, 0.3) is 0 Å². The molecule has 0 radical (unpaired) electrons. The van der Waals surface area contributed by atoms with Crippen molar-refractivity contribution in [3.8, 4) is 27.6 Å². The van der Waals surface area contributed by atoms with E-state index in [4.69, 9.17) is 4.74 Å². The first-order valence-corrected chi connectivity index (χ1v) is 7.57. The first-order chi connectivity index (χ1) is 9.86. The predicted molar refractivity (Wildman–Crippen MR) is 83.1 cm³/mol. The number of H-pyrrole nitrogens is 1. The molecule has 1 aromatic carbocycles. The summed E-state index contributed by atoms with van der Waals surface area (Å²) in [4.78, 5) is 1.20. The van der Waals surface area contributed by atoms with E-state index in [-0.39, 0.29) is 0 Å². The van der Waals surface area contributed by atoms with E-state index in [1.807, 2.05) is 30.3 Å². The van der Waals surface area contributed by atoms with Crippen LogP contribution in [0.5, 0.6) is 5.75 Å². The fraction of sp³-hybridized carbons (Fsp3) is 0.188. The average Bonchev–Trinajstić information content (AvgIpc) is 3.16. The molecular formula is C16H16N2OS. The second-order valence-corrected chi connectivity index (χ2v) is 5.46. The van der Waals surface area contributed by atoms with E-state index >= 15 is 0 Å². The van der Waals surface area contributed by atoms with Crippen molar-refractivity contribution in [2.45, 2.75) is 13.3 Å². The van der Waals surface area contributed by atoms with Gasteiger partial charge in [0.15, 0.2) is 0 Å². The summed E-state index contributed by atoms with van der Waals surface area (Å²) in [5.41, 5.74) is 3.10. The highest BCUT2D eigenvalue weighted by Gasteiger charge is 2.06. The van der Waals surface area contributed by atoms with Crippen molar-refractivity contribution in [3.63, 3.8) is 0 Å². The number of hydrogen-bond acceptors (Lipinski definition) is 3. The molecule has 0 saturated heterocycles. The van der Waals surface area contributed by atoms with Crippen molar-refractivity contribution in [1.29, 1.82) is 0 Å². The van der Waals surface area contributed by atoms with Crippen LogP contribution in [0.2, 0.25) is 0 Å². The molecule has 0 saturated carbocycles. The fourth-order valence-corrected chi connectivity index (χ4v) is 2.66. The molecule has 0 fully saturated rings. The van der Waals surface area contributed by atoms with Crippen molar-refractivity contribution in [2.75, 3.05) is 6.61 Å². The highest BCUT2D eigenvalue weighted by Crippen LogP contribution is 2.27. The minimum Gasteiger partial charge on any atom is -0.494 e. The molecule has 0 aliphatic heterocycles. The molecule has 0 spiro atoms. The van der Waals surface area contributed by atoms with E-state index in [0.29, 0.717) is 0 Å². The summed E-state index contributed by atoms with van der Waals surface area (Å²) in [7, 11) is 0. The van der Waals surface area contributed by atoms with Crippen LogP contribution in [0.15, 0.2) is 47.8 Å². The lowest BCUT2D eigenvalue weighted by Crippen LogP contribution is -1.94. The third-order valence-electron chi connectivity index (χ3n) is 2.99. The summed E-state index contributed by atoms with van der Waals surface area (Å²) in [6.45, 7) is 2.86. The highest BCUT2D eigenvalue weighted by atomic mass is 32.1. The van der Waals surface area contributed by atoms with Crippen molar-refractivity contribution in [3.05, 3.63) is 47.8 Å². The molecule has 102 valence electrons. The zero-order valence-electron chi connectivity index (χ0n) is 11.3. The SMILES string of the molecule is CCCOc1ccc(-c2cc(-c3cccs3)[nH]n2)cc1. The molecule has 2 aromatic heterocycles. The minimum absolute atomic E-state index is 0.754. The molecule has 20 heavy (non-hydrogen) atoms. The Balaban J connectivity index is 1.79. The average molecular weight is 284 g/mol. The van der Waals surface area contributed by atoms with E-state index in [2.05, 4.69) is 34.6 Å². The van der Waals surface area contributed by atoms with E-state index in [1.54, 1.807) is 11.3 Å². The quantitative estimate of drug-likeness (QED) is 0.744. The van der Waals surface area contributed by atoms with Crippen molar-refractivity contribution in [2.24, 2.45) is 0 Å². The zero-order valence-corrected chi connectivity index (χ0v) is 12.1. The molecule has 0 aliphatic rings. The number of aromatic amines is 1. The van der Waals surface area contributed by atoms with Gasteiger partial charge < -0.3 is 4.74 Å². The lowest BCUT2D eigenvalue weighted by atomic mass is 10.1. The number of aromatic nitrogens is 2. The molecular weight excluding hydrogens is 268 g/mol. The summed E-state index contributed by atoms with van der Waals surface area (Å²) in [5.74, 6) is 0.907. The first-order valence-electron chi connectivity index (χ1n) is 6.69. The maximum atomic E-state index is 5.58. The summed E-state index contributed by atoms with van der Waals surface area (Å²) >= 11 is 1.70. The number of ether oxygens (including phenoxy) is 1. The predicted octanol–water partition coefficient (Wildman–Crippen LogP) is 4.59. The van der Waals surface area contributed by atoms with Crippen LogP contribution in [0.25, 0.3) is 21.8 Å². The van der Waals surface area contributed by atoms with Crippen LogP contribution >= 0.6 is 11.3 Å². The number of hydrogen-bond donors (Lipinski definition) is 1. The van der Waals surface area contributed by atoms with E-state index in [0.717, 1.165) is 35.7 Å². The van der Waals surface area contributed by atoms with Crippen LogP contribution in [0.1, 0.15) is 13.3 Å². The molecule has 1 N–H and O–H groups in total. The Hall–Kier alpha value is -2.07. The molecule has 0 aliphatic carbocycles. The number of rotatable bonds is 5. The topological polar surface area (TPSA) is 37.9 Å². The molecule has 3 nitrogen and oxygen atoms in total. The molecule has 4 heteroatoms. The Morgan fingerprint density at radius 2 is 2.05 bits per heavy atom. The second kappa shape index (κ2) is 5.92. The third-order valence-corrected chi connectivity index (χ3v) is 3.89. The van der Waals surface area contributed by atoms with Gasteiger partial charge in [-0.3, -0.25) is 5.10 Å². The summed E-state index contributed by atoms with van der Waals surface area (Å²) in [6, 6.07) is 14.3. The normalized spacial score (nSPS) is 10.7. The molecule has 0 bridgehead atoms. The number of thiophene rings is 1. The molecule has 3 aromatic rings. The summed E-state index contributed by atoms with van der Waals surface area (Å²) in [6.07, 6.45) is 1.02. The Bertz CT molecular complexity index is 656. The van der Waals surface area contributed by atoms with Crippen molar-refractivity contribution in [1.82, 2.24) is 10.2 Å².